The van der Waals surface area contributed by atoms with Gasteiger partial charge in [-0.1, -0.05) is 41.9 Å². The molecule has 1 aliphatic heterocycles. The molecule has 0 radical (unpaired) electrons. The zero-order chi connectivity index (χ0) is 21.1. The molecular formula is C24H24ClNO4. The molecule has 1 N–H and O–H groups in total. The largest absolute Gasteiger partial charge is 0.462 e. The maximum absolute atomic E-state index is 13.0. The van der Waals surface area contributed by atoms with Crippen molar-refractivity contribution in [1.82, 2.24) is 5.32 Å². The van der Waals surface area contributed by atoms with Crippen LogP contribution in [0.5, 0.6) is 0 Å². The van der Waals surface area contributed by atoms with Crippen LogP contribution in [0.25, 0.3) is 22.3 Å². The van der Waals surface area contributed by atoms with E-state index in [-0.39, 0.29) is 22.0 Å². The fourth-order valence-electron chi connectivity index (χ4n) is 3.94. The second kappa shape index (κ2) is 9.02. The van der Waals surface area contributed by atoms with Gasteiger partial charge in [0.05, 0.1) is 12.0 Å². The minimum Gasteiger partial charge on any atom is -0.462 e. The van der Waals surface area contributed by atoms with E-state index in [0.717, 1.165) is 37.9 Å². The van der Waals surface area contributed by atoms with Crippen molar-refractivity contribution in [2.75, 3.05) is 19.7 Å². The van der Waals surface area contributed by atoms with Gasteiger partial charge in [-0.15, -0.1) is 0 Å². The molecule has 3 aromatic rings. The Kier molecular flexibility index (Phi) is 6.21. The molecule has 5 nitrogen and oxygen atoms in total. The van der Waals surface area contributed by atoms with E-state index in [2.05, 4.69) is 5.32 Å². The van der Waals surface area contributed by atoms with Crippen LogP contribution in [0.15, 0.2) is 51.7 Å². The lowest BCUT2D eigenvalue weighted by molar-refractivity contribution is 0.0477. The summed E-state index contributed by atoms with van der Waals surface area (Å²) in [5, 5.41) is 3.91. The summed E-state index contributed by atoms with van der Waals surface area (Å²) in [6.07, 6.45) is 3.00. The molecule has 0 atom stereocenters. The molecule has 0 unspecified atom stereocenters. The summed E-state index contributed by atoms with van der Waals surface area (Å²) in [6.45, 7) is 4.05. The number of esters is 1. The van der Waals surface area contributed by atoms with Crippen molar-refractivity contribution in [3.05, 3.63) is 68.8 Å². The second-order valence-corrected chi connectivity index (χ2v) is 8.14. The van der Waals surface area contributed by atoms with Gasteiger partial charge in [0, 0.05) is 16.1 Å². The molecule has 1 aromatic heterocycles. The highest BCUT2D eigenvalue weighted by atomic mass is 35.5. The molecular weight excluding hydrogens is 402 g/mol. The van der Waals surface area contributed by atoms with E-state index < -0.39 is 5.97 Å². The molecule has 0 bridgehead atoms. The first-order valence-electron chi connectivity index (χ1n) is 10.2. The summed E-state index contributed by atoms with van der Waals surface area (Å²) < 4.78 is 11.6. The Hall–Kier alpha value is -2.63. The zero-order valence-electron chi connectivity index (χ0n) is 16.9. The second-order valence-electron chi connectivity index (χ2n) is 7.70. The van der Waals surface area contributed by atoms with Crippen LogP contribution in [0, 0.1) is 12.8 Å². The number of nitrogens with one attached hydrogen (secondary N) is 1. The van der Waals surface area contributed by atoms with Crippen LogP contribution < -0.4 is 10.7 Å². The summed E-state index contributed by atoms with van der Waals surface area (Å²) in [5.74, 6) is 0.474. The van der Waals surface area contributed by atoms with Crippen molar-refractivity contribution < 1.29 is 13.9 Å². The van der Waals surface area contributed by atoms with Gasteiger partial charge in [-0.2, -0.15) is 0 Å². The van der Waals surface area contributed by atoms with Crippen LogP contribution in [0.1, 0.15) is 35.2 Å². The molecule has 0 amide bonds. The third-order valence-electron chi connectivity index (χ3n) is 5.66. The minimum atomic E-state index is -0.526. The first-order chi connectivity index (χ1) is 14.5. The summed E-state index contributed by atoms with van der Waals surface area (Å²) in [7, 11) is 0. The molecule has 0 saturated carbocycles. The number of halogens is 1. The summed E-state index contributed by atoms with van der Waals surface area (Å²) >= 11 is 6.21. The van der Waals surface area contributed by atoms with E-state index in [1.807, 2.05) is 30.3 Å². The van der Waals surface area contributed by atoms with Crippen LogP contribution in [0.3, 0.4) is 0 Å². The van der Waals surface area contributed by atoms with E-state index in [1.165, 1.54) is 12.1 Å². The van der Waals surface area contributed by atoms with E-state index >= 15 is 0 Å². The number of benzene rings is 2. The average Bonchev–Trinajstić information content (AvgIpc) is 2.77. The minimum absolute atomic E-state index is 0.178. The van der Waals surface area contributed by atoms with Gasteiger partial charge in [-0.25, -0.2) is 4.79 Å². The monoisotopic (exact) mass is 425 g/mol. The van der Waals surface area contributed by atoms with Crippen molar-refractivity contribution >= 4 is 28.5 Å². The molecule has 1 saturated heterocycles. The van der Waals surface area contributed by atoms with Crippen LogP contribution >= 0.6 is 11.6 Å². The van der Waals surface area contributed by atoms with Gasteiger partial charge in [-0.05, 0) is 57.3 Å². The van der Waals surface area contributed by atoms with Gasteiger partial charge >= 0.3 is 5.97 Å². The fraction of sp³-hybridized carbons (Fsp3) is 0.333. The van der Waals surface area contributed by atoms with Crippen LogP contribution in [-0.2, 0) is 4.74 Å². The van der Waals surface area contributed by atoms with Crippen molar-refractivity contribution in [2.24, 2.45) is 5.92 Å². The number of carbonyl (C=O) groups is 1. The zero-order valence-corrected chi connectivity index (χ0v) is 17.6. The Morgan fingerprint density at radius 3 is 2.67 bits per heavy atom. The van der Waals surface area contributed by atoms with Crippen molar-refractivity contribution in [3.63, 3.8) is 0 Å². The summed E-state index contributed by atoms with van der Waals surface area (Å²) in [4.78, 5) is 25.8. The number of hydrogen-bond acceptors (Lipinski definition) is 5. The third kappa shape index (κ3) is 4.27. The molecule has 156 valence electrons. The van der Waals surface area contributed by atoms with Crippen molar-refractivity contribution in [2.45, 2.75) is 26.2 Å². The molecule has 0 aliphatic carbocycles. The topological polar surface area (TPSA) is 68.5 Å². The molecule has 2 heterocycles. The maximum atomic E-state index is 13.0. The average molecular weight is 426 g/mol. The van der Waals surface area contributed by atoms with Gasteiger partial charge in [0.15, 0.2) is 11.0 Å². The highest BCUT2D eigenvalue weighted by molar-refractivity contribution is 6.32. The number of fused-ring (bicyclic) bond motifs is 1. The van der Waals surface area contributed by atoms with Gasteiger partial charge in [0.2, 0.25) is 0 Å². The van der Waals surface area contributed by atoms with Crippen LogP contribution in [0.2, 0.25) is 5.02 Å². The quantitative estimate of drug-likeness (QED) is 0.584. The molecule has 2 aromatic carbocycles. The molecule has 1 fully saturated rings. The SMILES string of the molecule is Cc1c(-c2ccccc2)oc2c(C(=O)OCCC3CCNCC3)cc(Cl)cc2c1=O. The highest BCUT2D eigenvalue weighted by Crippen LogP contribution is 2.30. The van der Waals surface area contributed by atoms with E-state index in [9.17, 15) is 9.59 Å². The van der Waals surface area contributed by atoms with Gasteiger partial charge < -0.3 is 14.5 Å². The third-order valence-corrected chi connectivity index (χ3v) is 5.88. The predicted octanol–water partition coefficient (Wildman–Crippen LogP) is 4.97. The lowest BCUT2D eigenvalue weighted by atomic mass is 9.95. The smallest absolute Gasteiger partial charge is 0.342 e. The maximum Gasteiger partial charge on any atom is 0.342 e. The molecule has 0 spiro atoms. The van der Waals surface area contributed by atoms with Crippen molar-refractivity contribution in [3.8, 4) is 11.3 Å². The van der Waals surface area contributed by atoms with Gasteiger partial charge in [-0.3, -0.25) is 4.79 Å². The normalized spacial score (nSPS) is 14.7. The Balaban J connectivity index is 1.67. The van der Waals surface area contributed by atoms with E-state index in [0.29, 0.717) is 28.9 Å². The number of rotatable bonds is 5. The van der Waals surface area contributed by atoms with E-state index in [4.69, 9.17) is 20.8 Å². The number of carbonyl (C=O) groups excluding carboxylic acids is 1. The lowest BCUT2D eigenvalue weighted by Gasteiger charge is -2.22. The van der Waals surface area contributed by atoms with E-state index in [1.54, 1.807) is 6.92 Å². The summed E-state index contributed by atoms with van der Waals surface area (Å²) in [6, 6.07) is 12.4. The first-order valence-corrected chi connectivity index (χ1v) is 10.6. The Labute approximate surface area is 180 Å². The van der Waals surface area contributed by atoms with Gasteiger partial charge in [0.1, 0.15) is 11.3 Å². The molecule has 6 heteroatoms. The molecule has 4 rings (SSSR count). The standard InChI is InChI=1S/C24H24ClNO4/c1-15-21(27)19-13-18(25)14-20(23(19)30-22(15)17-5-3-2-4-6-17)24(28)29-12-9-16-7-10-26-11-8-16/h2-6,13-14,16,26H,7-12H2,1H3. The highest BCUT2D eigenvalue weighted by Gasteiger charge is 2.21. The molecule has 1 aliphatic rings. The Bertz CT molecular complexity index is 1120. The van der Waals surface area contributed by atoms with Gasteiger partial charge in [0.25, 0.3) is 0 Å². The summed E-state index contributed by atoms with van der Waals surface area (Å²) in [5.41, 5.74) is 1.43. The van der Waals surface area contributed by atoms with Crippen LogP contribution in [-0.4, -0.2) is 25.7 Å². The number of ether oxygens (including phenoxy) is 1. The number of hydrogen-bond donors (Lipinski definition) is 1. The number of piperidine rings is 1. The first kappa shape index (κ1) is 20.6. The molecule has 30 heavy (non-hydrogen) atoms. The van der Waals surface area contributed by atoms with Crippen molar-refractivity contribution in [1.29, 1.82) is 0 Å². The lowest BCUT2D eigenvalue weighted by Crippen LogP contribution is -2.28. The Morgan fingerprint density at radius 2 is 1.93 bits per heavy atom. The van der Waals surface area contributed by atoms with Crippen LogP contribution in [0.4, 0.5) is 0 Å². The Morgan fingerprint density at radius 1 is 1.20 bits per heavy atom. The predicted molar refractivity (Wildman–Crippen MR) is 118 cm³/mol. The fourth-order valence-corrected chi connectivity index (χ4v) is 4.16.